The van der Waals surface area contributed by atoms with E-state index in [4.69, 9.17) is 16.7 Å². The molecule has 2 aromatic rings. The molecule has 0 radical (unpaired) electrons. The summed E-state index contributed by atoms with van der Waals surface area (Å²) in [7, 11) is -3.79. The average molecular weight is 312 g/mol. The molecule has 20 heavy (non-hydrogen) atoms. The minimum Gasteiger partial charge on any atom is -0.384 e. The molecule has 0 spiro atoms. The van der Waals surface area contributed by atoms with Crippen LogP contribution in [0.15, 0.2) is 35.5 Å². The summed E-state index contributed by atoms with van der Waals surface area (Å²) in [5.74, 6) is 5.10. The van der Waals surface area contributed by atoms with Gasteiger partial charge in [0.1, 0.15) is 6.61 Å². The molecular formula is C12H10ClN3O3S. The number of aliphatic hydroxyl groups is 1. The molecule has 0 saturated heterocycles. The number of H-pyrrole nitrogens is 1. The Bertz CT molecular complexity index is 761. The van der Waals surface area contributed by atoms with Gasteiger partial charge in [-0.25, -0.2) is 0 Å². The third-order valence-corrected chi connectivity index (χ3v) is 3.82. The summed E-state index contributed by atoms with van der Waals surface area (Å²) in [6, 6.07) is 5.91. The second-order valence-electron chi connectivity index (χ2n) is 3.68. The van der Waals surface area contributed by atoms with Gasteiger partial charge in [0.15, 0.2) is 5.03 Å². The van der Waals surface area contributed by atoms with Gasteiger partial charge in [0.25, 0.3) is 10.0 Å². The van der Waals surface area contributed by atoms with Crippen LogP contribution in [0.1, 0.15) is 5.56 Å². The molecule has 0 saturated carbocycles. The van der Waals surface area contributed by atoms with Crippen molar-refractivity contribution in [3.63, 3.8) is 0 Å². The number of sulfonamides is 1. The first-order valence-electron chi connectivity index (χ1n) is 5.44. The smallest absolute Gasteiger partial charge is 0.278 e. The molecule has 0 aliphatic carbocycles. The number of halogens is 1. The van der Waals surface area contributed by atoms with E-state index >= 15 is 0 Å². The van der Waals surface area contributed by atoms with Crippen LogP contribution < -0.4 is 4.72 Å². The van der Waals surface area contributed by atoms with Crippen molar-refractivity contribution in [2.24, 2.45) is 0 Å². The number of nitrogens with one attached hydrogen (secondary N) is 2. The summed E-state index contributed by atoms with van der Waals surface area (Å²) in [5, 5.41) is 15.0. The van der Waals surface area contributed by atoms with Gasteiger partial charge in [0.05, 0.1) is 11.9 Å². The van der Waals surface area contributed by atoms with Crippen molar-refractivity contribution in [2.45, 2.75) is 5.03 Å². The van der Waals surface area contributed by atoms with Gasteiger partial charge in [-0.1, -0.05) is 23.4 Å². The summed E-state index contributed by atoms with van der Waals surface area (Å²) in [6.07, 6.45) is 1.33. The van der Waals surface area contributed by atoms with Crippen molar-refractivity contribution in [1.82, 2.24) is 10.2 Å². The third kappa shape index (κ3) is 3.30. The van der Waals surface area contributed by atoms with Crippen molar-refractivity contribution < 1.29 is 13.5 Å². The molecule has 1 aromatic heterocycles. The summed E-state index contributed by atoms with van der Waals surface area (Å²) < 4.78 is 26.5. The van der Waals surface area contributed by atoms with E-state index in [9.17, 15) is 8.42 Å². The second kappa shape index (κ2) is 5.96. The van der Waals surface area contributed by atoms with Crippen molar-refractivity contribution >= 4 is 27.3 Å². The monoisotopic (exact) mass is 311 g/mol. The molecular weight excluding hydrogens is 302 g/mol. The lowest BCUT2D eigenvalue weighted by Crippen LogP contribution is -2.14. The van der Waals surface area contributed by atoms with E-state index in [0.717, 1.165) is 0 Å². The van der Waals surface area contributed by atoms with Crippen LogP contribution in [0.3, 0.4) is 0 Å². The lowest BCUT2D eigenvalue weighted by molar-refractivity contribution is 0.350. The summed E-state index contributed by atoms with van der Waals surface area (Å²) in [6.45, 7) is -0.324. The number of hydrogen-bond acceptors (Lipinski definition) is 4. The van der Waals surface area contributed by atoms with Crippen LogP contribution in [-0.4, -0.2) is 30.3 Å². The lowest BCUT2D eigenvalue weighted by atomic mass is 10.2. The van der Waals surface area contributed by atoms with Crippen molar-refractivity contribution in [2.75, 3.05) is 11.3 Å². The van der Waals surface area contributed by atoms with Gasteiger partial charge in [-0.15, -0.1) is 0 Å². The van der Waals surface area contributed by atoms with Crippen LogP contribution in [0, 0.1) is 11.8 Å². The van der Waals surface area contributed by atoms with Gasteiger partial charge in [-0.2, -0.15) is 13.5 Å². The molecule has 0 amide bonds. The topological polar surface area (TPSA) is 95.1 Å². The fourth-order valence-electron chi connectivity index (χ4n) is 1.44. The van der Waals surface area contributed by atoms with Crippen LogP contribution in [0.2, 0.25) is 5.02 Å². The van der Waals surface area contributed by atoms with Crippen LogP contribution in [-0.2, 0) is 10.0 Å². The largest absolute Gasteiger partial charge is 0.384 e. The SMILES string of the molecule is O=S(=O)(Nc1cc(Cl)ccc1C#CCO)c1ccn[nH]1. The maximum atomic E-state index is 12.1. The average Bonchev–Trinajstić information content (AvgIpc) is 2.92. The van der Waals surface area contributed by atoms with Gasteiger partial charge >= 0.3 is 0 Å². The molecule has 0 bridgehead atoms. The van der Waals surface area contributed by atoms with Gasteiger partial charge in [0.2, 0.25) is 0 Å². The normalized spacial score (nSPS) is 10.7. The highest BCUT2D eigenvalue weighted by Crippen LogP contribution is 2.23. The fraction of sp³-hybridized carbons (Fsp3) is 0.0833. The molecule has 3 N–H and O–H groups in total. The van der Waals surface area contributed by atoms with Gasteiger partial charge in [0, 0.05) is 10.6 Å². The number of nitrogens with zero attached hydrogens (tertiary/aromatic N) is 1. The molecule has 1 heterocycles. The predicted molar refractivity (Wildman–Crippen MR) is 74.8 cm³/mol. The Balaban J connectivity index is 2.40. The van der Waals surface area contributed by atoms with Crippen molar-refractivity contribution in [3.8, 4) is 11.8 Å². The van der Waals surface area contributed by atoms with Gasteiger partial charge in [-0.05, 0) is 24.3 Å². The number of hydrogen-bond donors (Lipinski definition) is 3. The van der Waals surface area contributed by atoms with E-state index in [1.807, 2.05) is 0 Å². The predicted octanol–water partition coefficient (Wildman–Crippen LogP) is 1.21. The van der Waals surface area contributed by atoms with Crippen LogP contribution in [0.4, 0.5) is 5.69 Å². The maximum absolute atomic E-state index is 12.1. The summed E-state index contributed by atoms with van der Waals surface area (Å²) in [5.41, 5.74) is 0.639. The molecule has 0 unspecified atom stereocenters. The highest BCUT2D eigenvalue weighted by atomic mass is 35.5. The van der Waals surface area contributed by atoms with Crippen molar-refractivity contribution in [3.05, 3.63) is 41.0 Å². The molecule has 6 nitrogen and oxygen atoms in total. The van der Waals surface area contributed by atoms with Gasteiger partial charge < -0.3 is 5.11 Å². The Morgan fingerprint density at radius 1 is 1.40 bits per heavy atom. The highest BCUT2D eigenvalue weighted by molar-refractivity contribution is 7.92. The highest BCUT2D eigenvalue weighted by Gasteiger charge is 2.17. The maximum Gasteiger partial charge on any atom is 0.278 e. The minimum absolute atomic E-state index is 0.0708. The molecule has 0 fully saturated rings. The van der Waals surface area contributed by atoms with Crippen LogP contribution in [0.5, 0.6) is 0 Å². The Morgan fingerprint density at radius 2 is 2.20 bits per heavy atom. The first-order valence-corrected chi connectivity index (χ1v) is 7.30. The zero-order chi connectivity index (χ0) is 14.6. The fourth-order valence-corrected chi connectivity index (χ4v) is 2.59. The molecule has 104 valence electrons. The number of rotatable bonds is 3. The van der Waals surface area contributed by atoms with E-state index in [2.05, 4.69) is 26.8 Å². The zero-order valence-electron chi connectivity index (χ0n) is 10.1. The van der Waals surface area contributed by atoms with Crippen molar-refractivity contribution in [1.29, 1.82) is 0 Å². The first-order chi connectivity index (χ1) is 9.53. The number of aliphatic hydroxyl groups excluding tert-OH is 1. The van der Waals surface area contributed by atoms with Crippen LogP contribution in [0.25, 0.3) is 0 Å². The Kier molecular flexibility index (Phi) is 4.29. The Labute approximate surface area is 120 Å². The summed E-state index contributed by atoms with van der Waals surface area (Å²) >= 11 is 5.85. The lowest BCUT2D eigenvalue weighted by Gasteiger charge is -2.08. The first kappa shape index (κ1) is 14.4. The number of anilines is 1. The molecule has 8 heteroatoms. The number of benzene rings is 1. The molecule has 0 aliphatic heterocycles. The van der Waals surface area contributed by atoms with E-state index < -0.39 is 10.0 Å². The van der Waals surface area contributed by atoms with Gasteiger partial charge in [-0.3, -0.25) is 9.82 Å². The van der Waals surface area contributed by atoms with E-state index in [1.165, 1.54) is 18.3 Å². The molecule has 2 rings (SSSR count). The van der Waals surface area contributed by atoms with E-state index in [-0.39, 0.29) is 17.3 Å². The molecule has 1 aromatic carbocycles. The second-order valence-corrected chi connectivity index (χ2v) is 5.76. The van der Waals surface area contributed by atoms with Crippen LogP contribution >= 0.6 is 11.6 Å². The Morgan fingerprint density at radius 3 is 2.85 bits per heavy atom. The minimum atomic E-state index is -3.79. The molecule has 0 aliphatic rings. The summed E-state index contributed by atoms with van der Waals surface area (Å²) in [4.78, 5) is 0. The van der Waals surface area contributed by atoms with E-state index in [0.29, 0.717) is 10.6 Å². The molecule has 0 atom stereocenters. The third-order valence-electron chi connectivity index (χ3n) is 2.29. The Hall–Kier alpha value is -2.01. The quantitative estimate of drug-likeness (QED) is 0.742. The van der Waals surface area contributed by atoms with E-state index in [1.54, 1.807) is 12.1 Å². The zero-order valence-corrected chi connectivity index (χ0v) is 11.7. The number of aromatic nitrogens is 2. The number of aromatic amines is 1. The standard InChI is InChI=1S/C12H10ClN3O3S/c13-10-4-3-9(2-1-7-17)11(8-10)16-20(18,19)12-5-6-14-15-12/h3-6,8,16-17H,7H2,(H,14,15).